The first-order valence-electron chi connectivity index (χ1n) is 8.87. The predicted molar refractivity (Wildman–Crippen MR) is 107 cm³/mol. The van der Waals surface area contributed by atoms with Crippen molar-refractivity contribution in [3.05, 3.63) is 53.1 Å². The molecule has 0 spiro atoms. The first-order valence-corrected chi connectivity index (χ1v) is 11.2. The van der Waals surface area contributed by atoms with E-state index in [-0.39, 0.29) is 10.8 Å². The molecule has 0 aliphatic carbocycles. The third-order valence-electron chi connectivity index (χ3n) is 4.54. The first kappa shape index (κ1) is 18.9. The molecule has 1 saturated heterocycles. The number of aryl methyl sites for hydroxylation is 1. The average molecular weight is 418 g/mol. The normalized spacial score (nSPS) is 15.0. The van der Waals surface area contributed by atoms with E-state index in [9.17, 15) is 13.2 Å². The highest BCUT2D eigenvalue weighted by Gasteiger charge is 2.27. The molecule has 1 amide bonds. The molecular weight excluding hydrogens is 398 g/mol. The lowest BCUT2D eigenvalue weighted by Gasteiger charge is -2.15. The maximum absolute atomic E-state index is 12.6. The molecule has 1 fully saturated rings. The van der Waals surface area contributed by atoms with Gasteiger partial charge in [-0.3, -0.25) is 10.1 Å². The van der Waals surface area contributed by atoms with Gasteiger partial charge in [0.25, 0.3) is 5.91 Å². The minimum absolute atomic E-state index is 0.204. The molecule has 1 aliphatic heterocycles. The summed E-state index contributed by atoms with van der Waals surface area (Å²) >= 11 is 1.30. The molecule has 4 rings (SSSR count). The number of benzene rings is 1. The number of carbonyl (C=O) groups is 1. The van der Waals surface area contributed by atoms with E-state index in [0.29, 0.717) is 35.2 Å². The molecule has 0 unspecified atom stereocenters. The Labute approximate surface area is 167 Å². The zero-order valence-electron chi connectivity index (χ0n) is 15.2. The SMILES string of the molecule is Cc1ccc(-c2csc(NC(=O)c3ccc(S(=O)(=O)N4CCCC4)cc3)n2)o1. The van der Waals surface area contributed by atoms with E-state index in [1.54, 1.807) is 5.38 Å². The van der Waals surface area contributed by atoms with Crippen LogP contribution in [0.3, 0.4) is 0 Å². The summed E-state index contributed by atoms with van der Waals surface area (Å²) in [6.45, 7) is 2.95. The smallest absolute Gasteiger partial charge is 0.257 e. The lowest BCUT2D eigenvalue weighted by molar-refractivity contribution is 0.102. The fourth-order valence-electron chi connectivity index (χ4n) is 3.04. The number of aromatic nitrogens is 1. The number of hydrogen-bond acceptors (Lipinski definition) is 6. The van der Waals surface area contributed by atoms with Crippen LogP contribution in [0.1, 0.15) is 29.0 Å². The van der Waals surface area contributed by atoms with Crippen LogP contribution in [-0.2, 0) is 10.0 Å². The van der Waals surface area contributed by atoms with Gasteiger partial charge in [0.05, 0.1) is 4.90 Å². The van der Waals surface area contributed by atoms with Gasteiger partial charge in [-0.25, -0.2) is 13.4 Å². The van der Waals surface area contributed by atoms with E-state index in [0.717, 1.165) is 18.6 Å². The van der Waals surface area contributed by atoms with Gasteiger partial charge in [-0.15, -0.1) is 11.3 Å². The Morgan fingerprint density at radius 2 is 1.86 bits per heavy atom. The molecule has 0 atom stereocenters. The van der Waals surface area contributed by atoms with Gasteiger partial charge >= 0.3 is 0 Å². The van der Waals surface area contributed by atoms with Gasteiger partial charge in [0.15, 0.2) is 10.9 Å². The third-order valence-corrected chi connectivity index (χ3v) is 7.21. The highest BCUT2D eigenvalue weighted by molar-refractivity contribution is 7.89. The van der Waals surface area contributed by atoms with Gasteiger partial charge in [-0.2, -0.15) is 4.31 Å². The molecule has 1 aromatic carbocycles. The van der Waals surface area contributed by atoms with Crippen molar-refractivity contribution in [2.24, 2.45) is 0 Å². The maximum Gasteiger partial charge on any atom is 0.257 e. The summed E-state index contributed by atoms with van der Waals surface area (Å²) in [5.74, 6) is 1.09. The predicted octanol–water partition coefficient (Wildman–Crippen LogP) is 3.75. The molecule has 7 nitrogen and oxygen atoms in total. The van der Waals surface area contributed by atoms with E-state index in [1.807, 2.05) is 19.1 Å². The monoisotopic (exact) mass is 417 g/mol. The molecule has 0 saturated carbocycles. The second-order valence-corrected chi connectivity index (χ2v) is 9.33. The van der Waals surface area contributed by atoms with Crippen molar-refractivity contribution in [3.8, 4) is 11.5 Å². The van der Waals surface area contributed by atoms with Crippen LogP contribution in [0.4, 0.5) is 5.13 Å². The van der Waals surface area contributed by atoms with E-state index in [2.05, 4.69) is 10.3 Å². The lowest BCUT2D eigenvalue weighted by Crippen LogP contribution is -2.27. The van der Waals surface area contributed by atoms with Crippen molar-refractivity contribution in [3.63, 3.8) is 0 Å². The van der Waals surface area contributed by atoms with Crippen LogP contribution >= 0.6 is 11.3 Å². The molecule has 0 bridgehead atoms. The number of nitrogens with one attached hydrogen (secondary N) is 1. The summed E-state index contributed by atoms with van der Waals surface area (Å²) in [6, 6.07) is 9.66. The Morgan fingerprint density at radius 1 is 1.14 bits per heavy atom. The van der Waals surface area contributed by atoms with Gasteiger partial charge < -0.3 is 4.42 Å². The van der Waals surface area contributed by atoms with Crippen molar-refractivity contribution < 1.29 is 17.6 Å². The molecule has 146 valence electrons. The van der Waals surface area contributed by atoms with E-state index in [1.165, 1.54) is 39.9 Å². The molecule has 0 radical (unpaired) electrons. The van der Waals surface area contributed by atoms with Gasteiger partial charge in [-0.1, -0.05) is 0 Å². The van der Waals surface area contributed by atoms with Crippen molar-refractivity contribution in [2.45, 2.75) is 24.7 Å². The van der Waals surface area contributed by atoms with Gasteiger partial charge in [0.2, 0.25) is 10.0 Å². The molecule has 1 N–H and O–H groups in total. The largest absolute Gasteiger partial charge is 0.460 e. The van der Waals surface area contributed by atoms with Gasteiger partial charge in [0, 0.05) is 24.0 Å². The Balaban J connectivity index is 1.46. The zero-order valence-corrected chi connectivity index (χ0v) is 16.8. The fourth-order valence-corrected chi connectivity index (χ4v) is 5.25. The summed E-state index contributed by atoms with van der Waals surface area (Å²) in [4.78, 5) is 17.0. The van der Waals surface area contributed by atoms with Crippen LogP contribution in [0.2, 0.25) is 0 Å². The topological polar surface area (TPSA) is 92.5 Å². The number of hydrogen-bond donors (Lipinski definition) is 1. The molecule has 28 heavy (non-hydrogen) atoms. The molecule has 9 heteroatoms. The minimum Gasteiger partial charge on any atom is -0.460 e. The Hall–Kier alpha value is -2.49. The molecule has 3 heterocycles. The van der Waals surface area contributed by atoms with Crippen molar-refractivity contribution >= 4 is 32.4 Å². The van der Waals surface area contributed by atoms with Gasteiger partial charge in [-0.05, 0) is 56.2 Å². The second-order valence-electron chi connectivity index (χ2n) is 6.54. The fraction of sp³-hybridized carbons (Fsp3) is 0.263. The quantitative estimate of drug-likeness (QED) is 0.683. The molecule has 1 aliphatic rings. The standard InChI is InChI=1S/C19H19N3O4S2/c1-13-4-9-17(26-13)16-12-27-19(20-16)21-18(23)14-5-7-15(8-6-14)28(24,25)22-10-2-3-11-22/h4-9,12H,2-3,10-11H2,1H3,(H,20,21,23). The highest BCUT2D eigenvalue weighted by Crippen LogP contribution is 2.27. The molecule has 3 aromatic rings. The molecular formula is C19H19N3O4S2. The highest BCUT2D eigenvalue weighted by atomic mass is 32.2. The second kappa shape index (κ2) is 7.50. The Bertz CT molecular complexity index is 1090. The number of sulfonamides is 1. The van der Waals surface area contributed by atoms with Crippen LogP contribution in [-0.4, -0.2) is 36.7 Å². The van der Waals surface area contributed by atoms with Crippen LogP contribution in [0, 0.1) is 6.92 Å². The van der Waals surface area contributed by atoms with E-state index < -0.39 is 10.0 Å². The summed E-state index contributed by atoms with van der Waals surface area (Å²) in [5.41, 5.74) is 1.02. The average Bonchev–Trinajstić information content (AvgIpc) is 3.43. The summed E-state index contributed by atoms with van der Waals surface area (Å²) in [5, 5.41) is 4.99. The first-order chi connectivity index (χ1) is 13.4. The number of thiazole rings is 1. The summed E-state index contributed by atoms with van der Waals surface area (Å²) in [7, 11) is -3.48. The minimum atomic E-state index is -3.48. The zero-order chi connectivity index (χ0) is 19.7. The number of furan rings is 1. The van der Waals surface area contributed by atoms with Crippen LogP contribution in [0.25, 0.3) is 11.5 Å². The Kier molecular flexibility index (Phi) is 5.05. The molecule has 2 aromatic heterocycles. The number of nitrogens with zero attached hydrogens (tertiary/aromatic N) is 2. The van der Waals surface area contributed by atoms with Crippen molar-refractivity contribution in [1.29, 1.82) is 0 Å². The number of carbonyl (C=O) groups excluding carboxylic acids is 1. The number of anilines is 1. The number of rotatable bonds is 5. The van der Waals surface area contributed by atoms with E-state index in [4.69, 9.17) is 4.42 Å². The summed E-state index contributed by atoms with van der Waals surface area (Å²) < 4.78 is 32.1. The van der Waals surface area contributed by atoms with Crippen molar-refractivity contribution in [1.82, 2.24) is 9.29 Å². The lowest BCUT2D eigenvalue weighted by atomic mass is 10.2. The van der Waals surface area contributed by atoms with Crippen molar-refractivity contribution in [2.75, 3.05) is 18.4 Å². The third kappa shape index (κ3) is 3.73. The van der Waals surface area contributed by atoms with Gasteiger partial charge in [0.1, 0.15) is 11.5 Å². The van der Waals surface area contributed by atoms with Crippen LogP contribution in [0.5, 0.6) is 0 Å². The number of amides is 1. The van der Waals surface area contributed by atoms with E-state index >= 15 is 0 Å². The van der Waals surface area contributed by atoms with Crippen LogP contribution in [0.15, 0.2) is 51.1 Å². The van der Waals surface area contributed by atoms with Crippen LogP contribution < -0.4 is 5.32 Å². The maximum atomic E-state index is 12.6. The Morgan fingerprint density at radius 3 is 2.50 bits per heavy atom. The summed E-state index contributed by atoms with van der Waals surface area (Å²) in [6.07, 6.45) is 1.76.